The number of hydrogen-bond donors (Lipinski definition) is 2. The van der Waals surface area contributed by atoms with Gasteiger partial charge in [-0.1, -0.05) is 57.3 Å². The van der Waals surface area contributed by atoms with Crippen LogP contribution in [0.4, 0.5) is 0 Å². The molecule has 0 aliphatic carbocycles. The lowest BCUT2D eigenvalue weighted by molar-refractivity contribution is -0.692. The van der Waals surface area contributed by atoms with Crippen molar-refractivity contribution in [3.05, 3.63) is 89.6 Å². The highest BCUT2D eigenvalue weighted by atomic mass is 32.1. The maximum absolute atomic E-state index is 13.5. The second-order valence-electron chi connectivity index (χ2n) is 8.21. The number of nitrogens with zero attached hydrogens (tertiary/aromatic N) is 1. The van der Waals surface area contributed by atoms with Gasteiger partial charge in [0.2, 0.25) is 5.78 Å². The zero-order valence-electron chi connectivity index (χ0n) is 17.5. The summed E-state index contributed by atoms with van der Waals surface area (Å²) in [4.78, 5) is 13.9. The van der Waals surface area contributed by atoms with Crippen molar-refractivity contribution in [1.29, 1.82) is 0 Å². The summed E-state index contributed by atoms with van der Waals surface area (Å²) < 4.78 is 7.09. The number of aromatic nitrogens is 1. The van der Waals surface area contributed by atoms with E-state index in [1.54, 1.807) is 41.4 Å². The number of hydrogen-bond acceptors (Lipinski definition) is 4. The molecule has 156 valence electrons. The Labute approximate surface area is 182 Å². The summed E-state index contributed by atoms with van der Waals surface area (Å²) in [6, 6.07) is 14.2. The summed E-state index contributed by atoms with van der Waals surface area (Å²) in [5, 5.41) is 12.7. The van der Waals surface area contributed by atoms with Gasteiger partial charge in [-0.15, -0.1) is 0 Å². The van der Waals surface area contributed by atoms with Crippen LogP contribution in [0.3, 0.4) is 0 Å². The summed E-state index contributed by atoms with van der Waals surface area (Å²) in [5.74, 6) is 0.611. The molecule has 0 amide bonds. The van der Waals surface area contributed by atoms with Crippen molar-refractivity contribution >= 4 is 23.0 Å². The summed E-state index contributed by atoms with van der Waals surface area (Å²) in [6.45, 7) is 6.68. The fourth-order valence-electron chi connectivity index (χ4n) is 3.16. The van der Waals surface area contributed by atoms with Gasteiger partial charge in [-0.3, -0.25) is 4.79 Å². The number of ketones is 1. The van der Waals surface area contributed by atoms with E-state index in [2.05, 4.69) is 26.1 Å². The molecule has 1 aromatic carbocycles. The summed E-state index contributed by atoms with van der Waals surface area (Å²) in [7, 11) is 0. The Morgan fingerprint density at radius 3 is 2.50 bits per heavy atom. The quantitative estimate of drug-likeness (QED) is 0.343. The van der Waals surface area contributed by atoms with Gasteiger partial charge in [0.15, 0.2) is 17.4 Å². The molecule has 0 saturated heterocycles. The minimum atomic E-state index is -0.734. The van der Waals surface area contributed by atoms with E-state index in [-0.39, 0.29) is 17.8 Å². The molecule has 2 N–H and O–H groups in total. The molecule has 0 bridgehead atoms. The van der Waals surface area contributed by atoms with Crippen molar-refractivity contribution in [3.63, 3.8) is 0 Å². The number of pyridine rings is 1. The maximum atomic E-state index is 13.5. The monoisotopic (exact) mass is 423 g/mol. The molecule has 0 fully saturated rings. The van der Waals surface area contributed by atoms with Crippen LogP contribution in [0.2, 0.25) is 0 Å². The normalized spacial score (nSPS) is 12.4. The second kappa shape index (κ2) is 9.32. The Bertz CT molecular complexity index is 1010. The highest BCUT2D eigenvalue weighted by Crippen LogP contribution is 2.23. The van der Waals surface area contributed by atoms with Crippen LogP contribution in [0, 0.1) is 0 Å². The van der Waals surface area contributed by atoms with Crippen LogP contribution in [-0.2, 0) is 18.6 Å². The van der Waals surface area contributed by atoms with Gasteiger partial charge in [0.25, 0.3) is 6.04 Å². The average Bonchev–Trinajstić information content (AvgIpc) is 3.26. The molecular weight excluding hydrogens is 396 g/mol. The molecule has 3 aromatic rings. The van der Waals surface area contributed by atoms with Crippen molar-refractivity contribution in [2.75, 3.05) is 0 Å². The molecule has 1 atom stereocenters. The summed E-state index contributed by atoms with van der Waals surface area (Å²) in [5.41, 5.74) is 2.44. The van der Waals surface area contributed by atoms with Gasteiger partial charge in [-0.05, 0) is 29.2 Å². The van der Waals surface area contributed by atoms with Crippen molar-refractivity contribution in [2.24, 2.45) is 0 Å². The highest BCUT2D eigenvalue weighted by Gasteiger charge is 2.33. The van der Waals surface area contributed by atoms with Crippen LogP contribution in [-0.4, -0.2) is 15.9 Å². The van der Waals surface area contributed by atoms with Gasteiger partial charge in [-0.2, -0.15) is 4.57 Å². The molecule has 5 nitrogen and oxygen atoms in total. The van der Waals surface area contributed by atoms with E-state index in [0.717, 1.165) is 11.3 Å². The topological polar surface area (TPSA) is 66.4 Å². The van der Waals surface area contributed by atoms with Gasteiger partial charge in [0.05, 0.1) is 19.4 Å². The van der Waals surface area contributed by atoms with Crippen LogP contribution >= 0.6 is 12.2 Å². The number of aliphatic hydroxyl groups is 1. The lowest BCUT2D eigenvalue weighted by Crippen LogP contribution is -2.51. The minimum absolute atomic E-state index is 0.00504. The van der Waals surface area contributed by atoms with E-state index in [0.29, 0.717) is 22.7 Å². The van der Waals surface area contributed by atoms with Gasteiger partial charge in [-0.25, -0.2) is 0 Å². The van der Waals surface area contributed by atoms with Crippen molar-refractivity contribution < 1.29 is 18.9 Å². The Hall–Kier alpha value is -2.83. The van der Waals surface area contributed by atoms with Crippen LogP contribution < -0.4 is 9.88 Å². The van der Waals surface area contributed by atoms with Crippen LogP contribution in [0.5, 0.6) is 0 Å². The third-order valence-electron chi connectivity index (χ3n) is 4.91. The lowest BCUT2D eigenvalue weighted by Gasteiger charge is -2.19. The second-order valence-corrected chi connectivity index (χ2v) is 8.65. The molecule has 0 radical (unpaired) electrons. The predicted octanol–water partition coefficient (Wildman–Crippen LogP) is 3.90. The van der Waals surface area contributed by atoms with Crippen LogP contribution in [0.1, 0.15) is 54.1 Å². The highest BCUT2D eigenvalue weighted by molar-refractivity contribution is 7.80. The fourth-order valence-corrected chi connectivity index (χ4v) is 3.46. The molecule has 2 aromatic heterocycles. The van der Waals surface area contributed by atoms with Crippen molar-refractivity contribution in [2.45, 2.75) is 45.4 Å². The van der Waals surface area contributed by atoms with Crippen molar-refractivity contribution in [1.82, 2.24) is 5.32 Å². The standard InChI is InChI=1S/C24H26N2O3S/c1-24(2,3)19-10-8-18(9-11-19)22(28)21(26-12-4-6-17(15-26)16-27)23(30)25-14-20-7-5-13-29-20/h4-13,15,21,27H,14,16H2,1-3H3/p+1/t21-/m0/s1. The number of aliphatic hydroxyl groups excluding tert-OH is 1. The zero-order chi connectivity index (χ0) is 21.7. The predicted molar refractivity (Wildman–Crippen MR) is 119 cm³/mol. The Morgan fingerprint density at radius 2 is 1.90 bits per heavy atom. The average molecular weight is 424 g/mol. The van der Waals surface area contributed by atoms with Gasteiger partial charge < -0.3 is 14.8 Å². The Balaban J connectivity index is 1.91. The molecule has 0 aliphatic rings. The Morgan fingerprint density at radius 1 is 1.17 bits per heavy atom. The molecule has 3 rings (SSSR count). The van der Waals surface area contributed by atoms with Crippen molar-refractivity contribution in [3.8, 4) is 0 Å². The Kier molecular flexibility index (Phi) is 6.80. The number of carbonyl (C=O) groups excluding carboxylic acids is 1. The van der Waals surface area contributed by atoms with Gasteiger partial charge >= 0.3 is 0 Å². The molecule has 2 heterocycles. The molecule has 30 heavy (non-hydrogen) atoms. The van der Waals surface area contributed by atoms with E-state index < -0.39 is 6.04 Å². The smallest absolute Gasteiger partial charge is 0.270 e. The number of furan rings is 1. The first-order chi connectivity index (χ1) is 14.3. The van der Waals surface area contributed by atoms with Crippen LogP contribution in [0.15, 0.2) is 71.6 Å². The van der Waals surface area contributed by atoms with Gasteiger partial charge in [0, 0.05) is 17.2 Å². The first kappa shape index (κ1) is 21.9. The van der Waals surface area contributed by atoms with Crippen LogP contribution in [0.25, 0.3) is 0 Å². The molecule has 0 unspecified atom stereocenters. The third kappa shape index (κ3) is 5.20. The number of benzene rings is 1. The largest absolute Gasteiger partial charge is 0.467 e. The number of thiocarbonyl (C=S) groups is 1. The molecule has 0 spiro atoms. The molecule has 0 saturated carbocycles. The molecule has 0 aliphatic heterocycles. The third-order valence-corrected chi connectivity index (χ3v) is 5.28. The number of nitrogens with one attached hydrogen (secondary N) is 1. The van der Waals surface area contributed by atoms with E-state index in [1.165, 1.54) is 0 Å². The number of carbonyl (C=O) groups is 1. The minimum Gasteiger partial charge on any atom is -0.467 e. The summed E-state index contributed by atoms with van der Waals surface area (Å²) >= 11 is 5.61. The number of rotatable bonds is 7. The maximum Gasteiger partial charge on any atom is 0.270 e. The SMILES string of the molecule is CC(C)(C)c1ccc(C(=O)[C@@H](C(=S)NCc2ccco2)[n+]2cccc(CO)c2)cc1. The molecule has 6 heteroatoms. The fraction of sp³-hybridized carbons (Fsp3) is 0.292. The number of Topliss-reactive ketones (excluding diaryl/α,β-unsaturated/α-hetero) is 1. The first-order valence-electron chi connectivity index (χ1n) is 9.85. The van der Waals surface area contributed by atoms with E-state index in [4.69, 9.17) is 16.6 Å². The van der Waals surface area contributed by atoms with E-state index >= 15 is 0 Å². The van der Waals surface area contributed by atoms with E-state index in [9.17, 15) is 9.90 Å². The summed E-state index contributed by atoms with van der Waals surface area (Å²) in [6.07, 6.45) is 5.12. The first-order valence-corrected chi connectivity index (χ1v) is 10.3. The molecular formula is C24H27N2O3S+. The lowest BCUT2D eigenvalue weighted by atomic mass is 9.86. The van der Waals surface area contributed by atoms with E-state index in [1.807, 2.05) is 30.3 Å². The van der Waals surface area contributed by atoms with Gasteiger partial charge in [0.1, 0.15) is 5.76 Å². The zero-order valence-corrected chi connectivity index (χ0v) is 18.3.